The van der Waals surface area contributed by atoms with Gasteiger partial charge in [-0.15, -0.1) is 0 Å². The van der Waals surface area contributed by atoms with Crippen LogP contribution in [0.15, 0.2) is 36.4 Å². The first-order chi connectivity index (χ1) is 11.5. The Bertz CT molecular complexity index is 966. The first kappa shape index (κ1) is 16.2. The minimum atomic E-state index is -0.536. The van der Waals surface area contributed by atoms with Crippen molar-refractivity contribution in [1.82, 2.24) is 9.97 Å². The minimum absolute atomic E-state index is 0.0280. The van der Waals surface area contributed by atoms with Gasteiger partial charge in [-0.2, -0.15) is 4.98 Å². The number of nitrogens with zero attached hydrogens (tertiary/aromatic N) is 2. The van der Waals surface area contributed by atoms with Crippen molar-refractivity contribution < 1.29 is 9.25 Å². The molecule has 1 aliphatic carbocycles. The molecule has 0 spiro atoms. The van der Waals surface area contributed by atoms with Crippen LogP contribution in [0.25, 0.3) is 11.1 Å². The summed E-state index contributed by atoms with van der Waals surface area (Å²) in [5, 5.41) is 4.34. The second-order valence-electron chi connectivity index (χ2n) is 5.93. The number of rotatable bonds is 4. The SMILES string of the molecule is CCCc1cc(=O)oc2nc(O/N=C3/CCC(C)=C3C)[nH]c(=O)c12. The quantitative estimate of drug-likeness (QED) is 0.870. The Morgan fingerprint density at radius 1 is 1.33 bits per heavy atom. The second kappa shape index (κ2) is 6.43. The third kappa shape index (κ3) is 3.02. The predicted octanol–water partition coefficient (Wildman–Crippen LogP) is 2.69. The van der Waals surface area contributed by atoms with Crippen molar-refractivity contribution in [3.8, 4) is 6.01 Å². The molecule has 2 heterocycles. The van der Waals surface area contributed by atoms with Gasteiger partial charge in [0, 0.05) is 6.07 Å². The molecule has 126 valence electrons. The van der Waals surface area contributed by atoms with Crippen molar-refractivity contribution in [2.75, 3.05) is 0 Å². The van der Waals surface area contributed by atoms with Gasteiger partial charge in [-0.05, 0) is 44.2 Å². The van der Waals surface area contributed by atoms with Crippen LogP contribution in [0.4, 0.5) is 0 Å². The molecule has 0 saturated heterocycles. The number of aryl methyl sites for hydroxylation is 1. The molecule has 0 radical (unpaired) electrons. The molecule has 0 saturated carbocycles. The first-order valence-corrected chi connectivity index (χ1v) is 7.97. The van der Waals surface area contributed by atoms with Crippen LogP contribution >= 0.6 is 0 Å². The van der Waals surface area contributed by atoms with Gasteiger partial charge in [0.1, 0.15) is 5.39 Å². The van der Waals surface area contributed by atoms with E-state index in [1.54, 1.807) is 0 Å². The molecule has 0 aliphatic heterocycles. The molecular weight excluding hydrogens is 310 g/mol. The Kier molecular flexibility index (Phi) is 4.33. The van der Waals surface area contributed by atoms with Gasteiger partial charge < -0.3 is 9.25 Å². The van der Waals surface area contributed by atoms with Gasteiger partial charge in [-0.3, -0.25) is 9.78 Å². The van der Waals surface area contributed by atoms with E-state index in [1.165, 1.54) is 11.6 Å². The average molecular weight is 329 g/mol. The smallest absolute Gasteiger partial charge is 0.337 e. The molecule has 3 rings (SSSR count). The van der Waals surface area contributed by atoms with Gasteiger partial charge in [-0.1, -0.05) is 24.1 Å². The van der Waals surface area contributed by atoms with Crippen LogP contribution in [0, 0.1) is 0 Å². The highest BCUT2D eigenvalue weighted by Crippen LogP contribution is 2.23. The number of aromatic nitrogens is 2. The summed E-state index contributed by atoms with van der Waals surface area (Å²) >= 11 is 0. The third-order valence-electron chi connectivity index (χ3n) is 4.25. The number of oxime groups is 1. The lowest BCUT2D eigenvalue weighted by molar-refractivity contribution is 0.310. The summed E-state index contributed by atoms with van der Waals surface area (Å²) < 4.78 is 5.06. The highest BCUT2D eigenvalue weighted by Gasteiger charge is 2.16. The van der Waals surface area contributed by atoms with E-state index in [4.69, 9.17) is 9.25 Å². The molecule has 0 fully saturated rings. The maximum atomic E-state index is 12.3. The molecule has 7 heteroatoms. The molecule has 24 heavy (non-hydrogen) atoms. The maximum absolute atomic E-state index is 12.3. The zero-order valence-electron chi connectivity index (χ0n) is 13.9. The van der Waals surface area contributed by atoms with Crippen molar-refractivity contribution in [3.05, 3.63) is 43.5 Å². The molecule has 2 aromatic heterocycles. The van der Waals surface area contributed by atoms with Crippen LogP contribution in [0.2, 0.25) is 0 Å². The lowest BCUT2D eigenvalue weighted by atomic mass is 10.1. The summed E-state index contributed by atoms with van der Waals surface area (Å²) in [7, 11) is 0. The number of aromatic amines is 1. The fourth-order valence-corrected chi connectivity index (χ4v) is 2.78. The van der Waals surface area contributed by atoms with Crippen LogP contribution < -0.4 is 16.0 Å². The topological polar surface area (TPSA) is 97.5 Å². The van der Waals surface area contributed by atoms with E-state index in [2.05, 4.69) is 22.0 Å². The van der Waals surface area contributed by atoms with Crippen LogP contribution in [0.3, 0.4) is 0 Å². The third-order valence-corrected chi connectivity index (χ3v) is 4.25. The lowest BCUT2D eigenvalue weighted by Gasteiger charge is -2.04. The largest absolute Gasteiger partial charge is 0.403 e. The summed E-state index contributed by atoms with van der Waals surface area (Å²) in [6.45, 7) is 6.00. The maximum Gasteiger partial charge on any atom is 0.337 e. The highest BCUT2D eigenvalue weighted by atomic mass is 16.6. The van der Waals surface area contributed by atoms with Gasteiger partial charge in [0.25, 0.3) is 5.56 Å². The average Bonchev–Trinajstić information content (AvgIpc) is 2.84. The van der Waals surface area contributed by atoms with Gasteiger partial charge in [0.05, 0.1) is 5.71 Å². The van der Waals surface area contributed by atoms with Gasteiger partial charge in [-0.25, -0.2) is 4.79 Å². The lowest BCUT2D eigenvalue weighted by Crippen LogP contribution is -2.14. The molecule has 0 atom stereocenters. The second-order valence-corrected chi connectivity index (χ2v) is 5.93. The van der Waals surface area contributed by atoms with Gasteiger partial charge in [0.2, 0.25) is 5.71 Å². The van der Waals surface area contributed by atoms with Crippen molar-refractivity contribution in [2.24, 2.45) is 5.16 Å². The number of hydrogen-bond acceptors (Lipinski definition) is 6. The molecule has 2 aromatic rings. The number of fused-ring (bicyclic) bond motifs is 1. The van der Waals surface area contributed by atoms with E-state index in [-0.39, 0.29) is 17.1 Å². The summed E-state index contributed by atoms with van der Waals surface area (Å²) in [4.78, 5) is 35.9. The molecule has 0 bridgehead atoms. The van der Waals surface area contributed by atoms with Crippen LogP contribution in [0.5, 0.6) is 6.01 Å². The Morgan fingerprint density at radius 3 is 2.79 bits per heavy atom. The monoisotopic (exact) mass is 329 g/mol. The highest BCUT2D eigenvalue weighted by molar-refractivity contribution is 6.02. The van der Waals surface area contributed by atoms with E-state index >= 15 is 0 Å². The van der Waals surface area contributed by atoms with Crippen molar-refractivity contribution >= 4 is 16.8 Å². The van der Waals surface area contributed by atoms with Crippen LogP contribution in [0.1, 0.15) is 45.6 Å². The number of nitrogens with one attached hydrogen (secondary N) is 1. The Labute approximate surface area is 138 Å². The summed E-state index contributed by atoms with van der Waals surface area (Å²) in [5.74, 6) is 0. The number of H-pyrrole nitrogens is 1. The Morgan fingerprint density at radius 2 is 2.12 bits per heavy atom. The molecule has 1 N–H and O–H groups in total. The predicted molar refractivity (Wildman–Crippen MR) is 90.6 cm³/mol. The normalized spacial score (nSPS) is 16.4. The summed E-state index contributed by atoms with van der Waals surface area (Å²) in [6, 6.07) is 1.24. The zero-order valence-corrected chi connectivity index (χ0v) is 13.9. The van der Waals surface area contributed by atoms with Gasteiger partial charge in [0.15, 0.2) is 0 Å². The van der Waals surface area contributed by atoms with Crippen LogP contribution in [-0.2, 0) is 6.42 Å². The Hall–Kier alpha value is -2.70. The van der Waals surface area contributed by atoms with Crippen LogP contribution in [-0.4, -0.2) is 15.7 Å². The van der Waals surface area contributed by atoms with Crippen molar-refractivity contribution in [3.63, 3.8) is 0 Å². The molecule has 0 amide bonds. The summed E-state index contributed by atoms with van der Waals surface area (Å²) in [5.41, 5.74) is 2.85. The van der Waals surface area contributed by atoms with E-state index in [0.29, 0.717) is 12.0 Å². The van der Waals surface area contributed by atoms with E-state index in [1.807, 2.05) is 13.8 Å². The van der Waals surface area contributed by atoms with Crippen molar-refractivity contribution in [2.45, 2.75) is 46.5 Å². The van der Waals surface area contributed by atoms with E-state index in [9.17, 15) is 9.59 Å². The zero-order chi connectivity index (χ0) is 17.3. The molecule has 0 unspecified atom stereocenters. The molecule has 0 aromatic carbocycles. The summed E-state index contributed by atoms with van der Waals surface area (Å²) in [6.07, 6.45) is 3.14. The standard InChI is InChI=1S/C17H19N3O4/c1-4-5-11-8-13(21)23-16-14(11)15(22)18-17(19-16)24-20-12-7-6-9(2)10(12)3/h8H,4-7H2,1-3H3,(H,18,19,22)/b20-12-. The first-order valence-electron chi connectivity index (χ1n) is 7.97. The number of allylic oxidation sites excluding steroid dienone is 2. The fourth-order valence-electron chi connectivity index (χ4n) is 2.78. The fraction of sp³-hybridized carbons (Fsp3) is 0.412. The van der Waals surface area contributed by atoms with Crippen molar-refractivity contribution in [1.29, 1.82) is 0 Å². The minimum Gasteiger partial charge on any atom is -0.403 e. The molecule has 1 aliphatic rings. The van der Waals surface area contributed by atoms with E-state index < -0.39 is 11.2 Å². The Balaban J connectivity index is 2.01. The molecule has 7 nitrogen and oxygen atoms in total. The number of hydrogen-bond donors (Lipinski definition) is 1. The molecular formula is C17H19N3O4. The van der Waals surface area contributed by atoms with E-state index in [0.717, 1.165) is 30.5 Å². The van der Waals surface area contributed by atoms with Gasteiger partial charge >= 0.3 is 11.6 Å².